The first-order chi connectivity index (χ1) is 13.7. The molecule has 3 amide bonds. The van der Waals surface area contributed by atoms with Gasteiger partial charge in [-0.15, -0.1) is 11.3 Å². The monoisotopic (exact) mass is 395 g/mol. The van der Waals surface area contributed by atoms with E-state index in [9.17, 15) is 9.59 Å². The molecule has 0 unspecified atom stereocenters. The maximum Gasteiger partial charge on any atom is 0.315 e. The van der Waals surface area contributed by atoms with Crippen LogP contribution in [0.25, 0.3) is 0 Å². The summed E-state index contributed by atoms with van der Waals surface area (Å²) in [6, 6.07) is 11.5. The number of anilines is 1. The molecule has 1 fully saturated rings. The molecule has 0 spiro atoms. The van der Waals surface area contributed by atoms with Gasteiger partial charge in [-0.25, -0.2) is 4.79 Å². The standard InChI is InChI=1S/C22H25N3O2S/c26-21(13-14-23-22(27)25-18-7-2-1-3-8-18)24-19-9-4-6-17(16-19)11-12-20-10-5-15-28-20/h4-6,9-10,15-16,18H,1-3,7-8,13-14H2,(H,24,26)(H2,23,25,27). The minimum atomic E-state index is -0.189. The van der Waals surface area contributed by atoms with Crippen LogP contribution >= 0.6 is 11.3 Å². The van der Waals surface area contributed by atoms with Crippen LogP contribution in [0.1, 0.15) is 49.0 Å². The molecule has 3 N–H and O–H groups in total. The number of carbonyl (C=O) groups excluding carboxylic acids is 2. The molecule has 0 bridgehead atoms. The van der Waals surface area contributed by atoms with E-state index < -0.39 is 0 Å². The van der Waals surface area contributed by atoms with E-state index in [0.29, 0.717) is 12.2 Å². The zero-order valence-electron chi connectivity index (χ0n) is 15.8. The highest BCUT2D eigenvalue weighted by Crippen LogP contribution is 2.17. The fraction of sp³-hybridized carbons (Fsp3) is 0.364. The molecular weight excluding hydrogens is 370 g/mol. The summed E-state index contributed by atoms with van der Waals surface area (Å²) in [5.74, 6) is 6.07. The number of rotatable bonds is 5. The number of urea groups is 1. The van der Waals surface area contributed by atoms with Crippen molar-refractivity contribution in [2.24, 2.45) is 0 Å². The van der Waals surface area contributed by atoms with Crippen LogP contribution in [-0.2, 0) is 4.79 Å². The van der Waals surface area contributed by atoms with Crippen molar-refractivity contribution in [1.82, 2.24) is 10.6 Å². The maximum absolute atomic E-state index is 12.1. The van der Waals surface area contributed by atoms with Gasteiger partial charge in [-0.3, -0.25) is 4.79 Å². The molecule has 1 aliphatic carbocycles. The lowest BCUT2D eigenvalue weighted by atomic mass is 9.96. The summed E-state index contributed by atoms with van der Waals surface area (Å²) in [5, 5.41) is 10.6. The summed E-state index contributed by atoms with van der Waals surface area (Å²) < 4.78 is 0. The number of amides is 3. The number of benzene rings is 1. The molecule has 28 heavy (non-hydrogen) atoms. The number of hydrogen-bond acceptors (Lipinski definition) is 3. The zero-order chi connectivity index (χ0) is 19.6. The lowest BCUT2D eigenvalue weighted by molar-refractivity contribution is -0.116. The second kappa shape index (κ2) is 10.5. The minimum absolute atomic E-state index is 0.138. The quantitative estimate of drug-likeness (QED) is 0.667. The van der Waals surface area contributed by atoms with Gasteiger partial charge in [0.2, 0.25) is 5.91 Å². The van der Waals surface area contributed by atoms with Gasteiger partial charge in [-0.2, -0.15) is 0 Å². The van der Waals surface area contributed by atoms with Crippen molar-refractivity contribution in [3.05, 3.63) is 52.2 Å². The molecule has 0 atom stereocenters. The Hall–Kier alpha value is -2.78. The molecule has 1 aromatic carbocycles. The van der Waals surface area contributed by atoms with Crippen LogP contribution in [0.2, 0.25) is 0 Å². The third-order valence-electron chi connectivity index (χ3n) is 4.58. The second-order valence-corrected chi connectivity index (χ2v) is 7.79. The number of nitrogens with one attached hydrogen (secondary N) is 3. The van der Waals surface area contributed by atoms with Gasteiger partial charge in [0.15, 0.2) is 0 Å². The first-order valence-electron chi connectivity index (χ1n) is 9.69. The van der Waals surface area contributed by atoms with Gasteiger partial charge >= 0.3 is 6.03 Å². The van der Waals surface area contributed by atoms with Crippen LogP contribution in [0.5, 0.6) is 0 Å². The highest BCUT2D eigenvalue weighted by molar-refractivity contribution is 7.10. The molecule has 1 heterocycles. The summed E-state index contributed by atoms with van der Waals surface area (Å²) in [4.78, 5) is 25.0. The number of hydrogen-bond donors (Lipinski definition) is 3. The van der Waals surface area contributed by atoms with Crippen molar-refractivity contribution in [1.29, 1.82) is 0 Å². The summed E-state index contributed by atoms with van der Waals surface area (Å²) in [6.07, 6.45) is 5.90. The molecule has 1 saturated carbocycles. The van der Waals surface area contributed by atoms with E-state index in [0.717, 1.165) is 23.3 Å². The van der Waals surface area contributed by atoms with Crippen molar-refractivity contribution in [3.8, 4) is 11.8 Å². The molecule has 2 aromatic rings. The van der Waals surface area contributed by atoms with Crippen molar-refractivity contribution in [3.63, 3.8) is 0 Å². The summed E-state index contributed by atoms with van der Waals surface area (Å²) in [6.45, 7) is 0.308. The lowest BCUT2D eigenvalue weighted by Crippen LogP contribution is -2.43. The Bertz CT molecular complexity index is 846. The van der Waals surface area contributed by atoms with Crippen molar-refractivity contribution >= 4 is 29.0 Å². The van der Waals surface area contributed by atoms with Crippen molar-refractivity contribution < 1.29 is 9.59 Å². The molecule has 0 radical (unpaired) electrons. The summed E-state index contributed by atoms with van der Waals surface area (Å²) in [5.41, 5.74) is 1.55. The van der Waals surface area contributed by atoms with E-state index in [1.54, 1.807) is 11.3 Å². The summed E-state index contributed by atoms with van der Waals surface area (Å²) in [7, 11) is 0. The fourth-order valence-corrected chi connectivity index (χ4v) is 3.73. The minimum Gasteiger partial charge on any atom is -0.338 e. The van der Waals surface area contributed by atoms with E-state index in [4.69, 9.17) is 0 Å². The van der Waals surface area contributed by atoms with Gasteiger partial charge in [0.25, 0.3) is 0 Å². The average Bonchev–Trinajstić information content (AvgIpc) is 3.21. The summed E-state index contributed by atoms with van der Waals surface area (Å²) >= 11 is 1.60. The van der Waals surface area contributed by atoms with Crippen LogP contribution < -0.4 is 16.0 Å². The number of carbonyl (C=O) groups is 2. The van der Waals surface area contributed by atoms with Crippen molar-refractivity contribution in [2.45, 2.75) is 44.6 Å². The van der Waals surface area contributed by atoms with Crippen LogP contribution in [-0.4, -0.2) is 24.5 Å². The first-order valence-corrected chi connectivity index (χ1v) is 10.6. The Labute approximate surface area is 169 Å². The molecule has 5 nitrogen and oxygen atoms in total. The predicted molar refractivity (Wildman–Crippen MR) is 113 cm³/mol. The van der Waals surface area contributed by atoms with E-state index in [1.807, 2.05) is 41.8 Å². The molecule has 146 valence electrons. The molecule has 0 aliphatic heterocycles. The molecule has 1 aromatic heterocycles. The van der Waals surface area contributed by atoms with E-state index in [2.05, 4.69) is 27.8 Å². The smallest absolute Gasteiger partial charge is 0.315 e. The van der Waals surface area contributed by atoms with E-state index >= 15 is 0 Å². The third-order valence-corrected chi connectivity index (χ3v) is 5.36. The highest BCUT2D eigenvalue weighted by atomic mass is 32.1. The molecule has 0 saturated heterocycles. The second-order valence-electron chi connectivity index (χ2n) is 6.84. The normalized spacial score (nSPS) is 13.9. The lowest BCUT2D eigenvalue weighted by Gasteiger charge is -2.22. The Morgan fingerprint density at radius 1 is 1.07 bits per heavy atom. The highest BCUT2D eigenvalue weighted by Gasteiger charge is 2.15. The predicted octanol–water partition coefficient (Wildman–Crippen LogP) is 4.11. The maximum atomic E-state index is 12.1. The van der Waals surface area contributed by atoms with Gasteiger partial charge < -0.3 is 16.0 Å². The first kappa shape index (κ1) is 20.0. The van der Waals surface area contributed by atoms with Crippen LogP contribution in [0.3, 0.4) is 0 Å². The molecule has 3 rings (SSSR count). The van der Waals surface area contributed by atoms with Gasteiger partial charge in [0, 0.05) is 30.3 Å². The molecule has 1 aliphatic rings. The van der Waals surface area contributed by atoms with E-state index in [1.165, 1.54) is 19.3 Å². The zero-order valence-corrected chi connectivity index (χ0v) is 16.6. The Balaban J connectivity index is 1.40. The van der Waals surface area contributed by atoms with Gasteiger partial charge in [-0.05, 0) is 42.5 Å². The number of thiophene rings is 1. The Morgan fingerprint density at radius 2 is 1.93 bits per heavy atom. The van der Waals surface area contributed by atoms with Crippen molar-refractivity contribution in [2.75, 3.05) is 11.9 Å². The largest absolute Gasteiger partial charge is 0.338 e. The topological polar surface area (TPSA) is 70.2 Å². The van der Waals surface area contributed by atoms with Crippen LogP contribution in [0, 0.1) is 11.8 Å². The third kappa shape index (κ3) is 6.75. The van der Waals surface area contributed by atoms with Gasteiger partial charge in [-0.1, -0.05) is 43.2 Å². The van der Waals surface area contributed by atoms with Crippen LogP contribution in [0.15, 0.2) is 41.8 Å². The SMILES string of the molecule is O=C(CCNC(=O)NC1CCCCC1)Nc1cccc(C#Cc2cccs2)c1. The average molecular weight is 396 g/mol. The fourth-order valence-electron chi connectivity index (χ4n) is 3.15. The van der Waals surface area contributed by atoms with E-state index in [-0.39, 0.29) is 24.4 Å². The van der Waals surface area contributed by atoms with Gasteiger partial charge in [0.1, 0.15) is 0 Å². The van der Waals surface area contributed by atoms with Gasteiger partial charge in [0.05, 0.1) is 4.88 Å². The molecular formula is C22H25N3O2S. The molecule has 6 heteroatoms. The van der Waals surface area contributed by atoms with Crippen LogP contribution in [0.4, 0.5) is 10.5 Å². The Kier molecular flexibility index (Phi) is 7.51. The Morgan fingerprint density at radius 3 is 2.71 bits per heavy atom.